The predicted molar refractivity (Wildman–Crippen MR) is 93.7 cm³/mol. The molecule has 0 fully saturated rings. The Kier molecular flexibility index (Phi) is 15.1. The van der Waals surface area contributed by atoms with Crippen molar-refractivity contribution in [1.82, 2.24) is 0 Å². The van der Waals surface area contributed by atoms with Crippen molar-refractivity contribution in [3.05, 3.63) is 0 Å². The summed E-state index contributed by atoms with van der Waals surface area (Å²) in [5.74, 6) is -1.71. The average molecular weight is 328 g/mol. The van der Waals surface area contributed by atoms with E-state index in [9.17, 15) is 14.7 Å². The third-order valence-electron chi connectivity index (χ3n) is 4.45. The highest BCUT2D eigenvalue weighted by Crippen LogP contribution is 2.19. The summed E-state index contributed by atoms with van der Waals surface area (Å²) in [6.07, 6.45) is 15.2. The van der Waals surface area contributed by atoms with Crippen molar-refractivity contribution in [2.24, 2.45) is 5.92 Å². The predicted octanol–water partition coefficient (Wildman–Crippen LogP) is 5.64. The van der Waals surface area contributed by atoms with Crippen LogP contribution in [0.3, 0.4) is 0 Å². The Bertz CT molecular complexity index is 302. The van der Waals surface area contributed by atoms with Crippen molar-refractivity contribution in [3.63, 3.8) is 0 Å². The van der Waals surface area contributed by atoms with E-state index >= 15 is 0 Å². The second kappa shape index (κ2) is 15.8. The molecule has 0 saturated carbocycles. The van der Waals surface area contributed by atoms with Gasteiger partial charge >= 0.3 is 11.9 Å². The monoisotopic (exact) mass is 328 g/mol. The van der Waals surface area contributed by atoms with Gasteiger partial charge in [0.15, 0.2) is 0 Å². The zero-order chi connectivity index (χ0) is 17.3. The van der Waals surface area contributed by atoms with Crippen LogP contribution in [0.1, 0.15) is 103 Å². The Balaban J connectivity index is 3.53. The fourth-order valence-electron chi connectivity index (χ4n) is 2.94. The molecule has 0 amide bonds. The molecule has 0 radical (unpaired) electrons. The highest BCUT2D eigenvalue weighted by Gasteiger charge is 2.16. The molecule has 0 aliphatic carbocycles. The largest absolute Gasteiger partial charge is 0.481 e. The van der Waals surface area contributed by atoms with Gasteiger partial charge in [-0.15, -0.1) is 0 Å². The second-order valence-corrected chi connectivity index (χ2v) is 6.65. The molecule has 4 nitrogen and oxygen atoms in total. The molecule has 2 N–H and O–H groups in total. The highest BCUT2D eigenvalue weighted by molar-refractivity contribution is 5.69. The first-order chi connectivity index (χ1) is 11.1. The Morgan fingerprint density at radius 1 is 0.696 bits per heavy atom. The lowest BCUT2D eigenvalue weighted by molar-refractivity contribution is -0.142. The van der Waals surface area contributed by atoms with Crippen LogP contribution >= 0.6 is 0 Å². The Hall–Kier alpha value is -1.06. The third-order valence-corrected chi connectivity index (χ3v) is 4.45. The Morgan fingerprint density at radius 3 is 1.57 bits per heavy atom. The maximum atomic E-state index is 11.2. The van der Waals surface area contributed by atoms with Gasteiger partial charge in [-0.1, -0.05) is 77.6 Å². The number of rotatable bonds is 17. The van der Waals surface area contributed by atoms with Gasteiger partial charge in [0.25, 0.3) is 0 Å². The molecule has 136 valence electrons. The van der Waals surface area contributed by atoms with Gasteiger partial charge in [0.1, 0.15) is 0 Å². The molecule has 0 rings (SSSR count). The summed E-state index contributed by atoms with van der Waals surface area (Å²) in [6.45, 7) is 2.23. The smallest absolute Gasteiger partial charge is 0.306 e. The van der Waals surface area contributed by atoms with Crippen LogP contribution in [0, 0.1) is 5.92 Å². The second-order valence-electron chi connectivity index (χ2n) is 6.65. The van der Waals surface area contributed by atoms with E-state index in [-0.39, 0.29) is 12.3 Å². The molecule has 0 bridgehead atoms. The van der Waals surface area contributed by atoms with E-state index in [1.807, 2.05) is 0 Å². The van der Waals surface area contributed by atoms with Gasteiger partial charge in [-0.25, -0.2) is 0 Å². The summed E-state index contributed by atoms with van der Waals surface area (Å²) in [5.41, 5.74) is 0. The molecule has 0 saturated heterocycles. The lowest BCUT2D eigenvalue weighted by Gasteiger charge is -2.12. The molecular formula is C19H36O4. The first-order valence-corrected chi connectivity index (χ1v) is 9.52. The SMILES string of the molecule is CCCCCCCCCCCC(CCCCCC(=O)O)C(=O)O. The maximum Gasteiger partial charge on any atom is 0.306 e. The van der Waals surface area contributed by atoms with E-state index in [4.69, 9.17) is 5.11 Å². The molecule has 1 unspecified atom stereocenters. The number of carboxylic acid groups (broad SMARTS) is 2. The van der Waals surface area contributed by atoms with Gasteiger partial charge in [-0.2, -0.15) is 0 Å². The fraction of sp³-hybridized carbons (Fsp3) is 0.895. The first kappa shape index (κ1) is 21.9. The normalized spacial score (nSPS) is 12.2. The van der Waals surface area contributed by atoms with Crippen molar-refractivity contribution in [2.45, 2.75) is 103 Å². The van der Waals surface area contributed by atoms with E-state index in [2.05, 4.69) is 6.92 Å². The Labute approximate surface area is 141 Å². The van der Waals surface area contributed by atoms with Gasteiger partial charge in [-0.3, -0.25) is 9.59 Å². The topological polar surface area (TPSA) is 74.6 Å². The van der Waals surface area contributed by atoms with Crippen molar-refractivity contribution in [1.29, 1.82) is 0 Å². The zero-order valence-corrected chi connectivity index (χ0v) is 14.9. The molecule has 0 aromatic carbocycles. The number of carboxylic acids is 2. The number of hydrogen-bond donors (Lipinski definition) is 2. The quantitative estimate of drug-likeness (QED) is 0.339. The molecule has 0 aromatic heterocycles. The van der Waals surface area contributed by atoms with Crippen LogP contribution in [0.5, 0.6) is 0 Å². The van der Waals surface area contributed by atoms with Crippen LogP contribution < -0.4 is 0 Å². The van der Waals surface area contributed by atoms with Crippen LogP contribution in [0.15, 0.2) is 0 Å². The minimum absolute atomic E-state index is 0.190. The van der Waals surface area contributed by atoms with Crippen molar-refractivity contribution < 1.29 is 19.8 Å². The molecule has 4 heteroatoms. The molecule has 1 atom stereocenters. The molecule has 0 aromatic rings. The summed E-state index contributed by atoms with van der Waals surface area (Å²) < 4.78 is 0. The van der Waals surface area contributed by atoms with Crippen molar-refractivity contribution >= 4 is 11.9 Å². The van der Waals surface area contributed by atoms with Gasteiger partial charge in [0.05, 0.1) is 5.92 Å². The summed E-state index contributed by atoms with van der Waals surface area (Å²) in [4.78, 5) is 21.7. The molecule has 23 heavy (non-hydrogen) atoms. The fourth-order valence-corrected chi connectivity index (χ4v) is 2.94. The molecule has 0 aliphatic rings. The minimum Gasteiger partial charge on any atom is -0.481 e. The van der Waals surface area contributed by atoms with Crippen LogP contribution in [-0.2, 0) is 9.59 Å². The number of carbonyl (C=O) groups is 2. The standard InChI is InChI=1S/C19H36O4/c1-2-3-4-5-6-7-8-9-11-14-17(19(22)23)15-12-10-13-16-18(20)21/h17H,2-16H2,1H3,(H,20,21)(H,22,23). The summed E-state index contributed by atoms with van der Waals surface area (Å²) in [5, 5.41) is 17.8. The zero-order valence-electron chi connectivity index (χ0n) is 14.9. The lowest BCUT2D eigenvalue weighted by atomic mass is 9.94. The van der Waals surface area contributed by atoms with E-state index in [1.54, 1.807) is 0 Å². The van der Waals surface area contributed by atoms with Gasteiger partial charge in [0, 0.05) is 6.42 Å². The summed E-state index contributed by atoms with van der Waals surface area (Å²) in [7, 11) is 0. The van der Waals surface area contributed by atoms with E-state index in [0.717, 1.165) is 32.1 Å². The van der Waals surface area contributed by atoms with Crippen LogP contribution in [0.25, 0.3) is 0 Å². The van der Waals surface area contributed by atoms with E-state index in [0.29, 0.717) is 12.8 Å². The highest BCUT2D eigenvalue weighted by atomic mass is 16.4. The van der Waals surface area contributed by atoms with E-state index in [1.165, 1.54) is 44.9 Å². The summed E-state index contributed by atoms with van der Waals surface area (Å²) in [6, 6.07) is 0. The molecule has 0 spiro atoms. The van der Waals surface area contributed by atoms with Crippen molar-refractivity contribution in [2.75, 3.05) is 0 Å². The number of hydrogen-bond acceptors (Lipinski definition) is 2. The lowest BCUT2D eigenvalue weighted by Crippen LogP contribution is -2.13. The van der Waals surface area contributed by atoms with Crippen molar-refractivity contribution in [3.8, 4) is 0 Å². The first-order valence-electron chi connectivity index (χ1n) is 9.52. The van der Waals surface area contributed by atoms with Gasteiger partial charge in [-0.05, 0) is 19.3 Å². The average Bonchev–Trinajstić information content (AvgIpc) is 2.50. The van der Waals surface area contributed by atoms with Gasteiger partial charge < -0.3 is 10.2 Å². The van der Waals surface area contributed by atoms with E-state index < -0.39 is 11.9 Å². The molecule has 0 aliphatic heterocycles. The maximum absolute atomic E-state index is 11.2. The number of unbranched alkanes of at least 4 members (excludes halogenated alkanes) is 10. The van der Waals surface area contributed by atoms with Crippen LogP contribution in [-0.4, -0.2) is 22.2 Å². The Morgan fingerprint density at radius 2 is 1.13 bits per heavy atom. The summed E-state index contributed by atoms with van der Waals surface area (Å²) >= 11 is 0. The third kappa shape index (κ3) is 15.6. The van der Waals surface area contributed by atoms with Crippen LogP contribution in [0.4, 0.5) is 0 Å². The molecule has 0 heterocycles. The minimum atomic E-state index is -0.769. The van der Waals surface area contributed by atoms with Crippen LogP contribution in [0.2, 0.25) is 0 Å². The number of aliphatic carboxylic acids is 2. The van der Waals surface area contributed by atoms with Gasteiger partial charge in [0.2, 0.25) is 0 Å². The molecular weight excluding hydrogens is 292 g/mol.